The lowest BCUT2D eigenvalue weighted by Gasteiger charge is -2.16. The molecular formula is C17H19NO2. The molecule has 0 unspecified atom stereocenters. The third-order valence-electron chi connectivity index (χ3n) is 3.27. The summed E-state index contributed by atoms with van der Waals surface area (Å²) in [6, 6.07) is 14.0. The highest BCUT2D eigenvalue weighted by molar-refractivity contribution is 5.80. The molecule has 3 heteroatoms. The molecule has 0 heterocycles. The number of benzene rings is 2. The lowest BCUT2D eigenvalue weighted by molar-refractivity contribution is -0.123. The Hall–Kier alpha value is -2.29. The molecule has 104 valence electrons. The van der Waals surface area contributed by atoms with Crippen LogP contribution in [0.2, 0.25) is 0 Å². The molecule has 0 aliphatic heterocycles. The Balaban J connectivity index is 2.47. The number of nitrogens with two attached hydrogens (primary N) is 1. The summed E-state index contributed by atoms with van der Waals surface area (Å²) in [5.74, 6) is 0.202. The summed E-state index contributed by atoms with van der Waals surface area (Å²) >= 11 is 0. The third kappa shape index (κ3) is 2.99. The van der Waals surface area contributed by atoms with Gasteiger partial charge in [0.2, 0.25) is 0 Å². The summed E-state index contributed by atoms with van der Waals surface area (Å²) < 4.78 is 5.68. The van der Waals surface area contributed by atoms with E-state index in [0.29, 0.717) is 5.75 Å². The van der Waals surface area contributed by atoms with Crippen molar-refractivity contribution in [2.75, 3.05) is 0 Å². The third-order valence-corrected chi connectivity index (χ3v) is 3.27. The largest absolute Gasteiger partial charge is 0.480 e. The topological polar surface area (TPSA) is 52.3 Å². The van der Waals surface area contributed by atoms with E-state index in [0.717, 1.165) is 11.1 Å². The number of hydrogen-bond acceptors (Lipinski definition) is 2. The number of primary amides is 1. The van der Waals surface area contributed by atoms with Crippen molar-refractivity contribution in [3.63, 3.8) is 0 Å². The summed E-state index contributed by atoms with van der Waals surface area (Å²) in [6.45, 7) is 5.77. The molecule has 0 radical (unpaired) electrons. The van der Waals surface area contributed by atoms with E-state index in [4.69, 9.17) is 10.5 Å². The standard InChI is InChI=1S/C17H19NO2/c1-11-8-9-12(2)15(10-11)14-6-4-5-7-16(14)20-13(3)17(18)19/h4-10,13H,1-3H3,(H2,18,19)/t13-/m0/s1. The Labute approximate surface area is 119 Å². The Kier molecular flexibility index (Phi) is 4.08. The van der Waals surface area contributed by atoms with Crippen molar-refractivity contribution in [2.45, 2.75) is 26.9 Å². The fourth-order valence-electron chi connectivity index (χ4n) is 2.07. The maximum absolute atomic E-state index is 11.2. The Morgan fingerprint density at radius 2 is 1.80 bits per heavy atom. The highest BCUT2D eigenvalue weighted by Crippen LogP contribution is 2.33. The van der Waals surface area contributed by atoms with Crippen LogP contribution in [0.3, 0.4) is 0 Å². The van der Waals surface area contributed by atoms with Gasteiger partial charge in [-0.05, 0) is 38.0 Å². The molecule has 0 bridgehead atoms. The van der Waals surface area contributed by atoms with Gasteiger partial charge in [0.1, 0.15) is 5.75 Å². The zero-order valence-corrected chi connectivity index (χ0v) is 12.0. The number of para-hydroxylation sites is 1. The molecule has 0 saturated carbocycles. The molecule has 2 N–H and O–H groups in total. The van der Waals surface area contributed by atoms with Gasteiger partial charge >= 0.3 is 0 Å². The average Bonchev–Trinajstić information content (AvgIpc) is 2.42. The van der Waals surface area contributed by atoms with Crippen molar-refractivity contribution in [3.8, 4) is 16.9 Å². The zero-order chi connectivity index (χ0) is 14.7. The predicted octanol–water partition coefficient (Wildman–Crippen LogP) is 3.22. The van der Waals surface area contributed by atoms with Crippen LogP contribution in [0.4, 0.5) is 0 Å². The van der Waals surface area contributed by atoms with Crippen molar-refractivity contribution in [1.29, 1.82) is 0 Å². The highest BCUT2D eigenvalue weighted by Gasteiger charge is 2.14. The molecule has 0 aliphatic carbocycles. The van der Waals surface area contributed by atoms with E-state index < -0.39 is 12.0 Å². The van der Waals surface area contributed by atoms with Crippen molar-refractivity contribution in [2.24, 2.45) is 5.73 Å². The summed E-state index contributed by atoms with van der Waals surface area (Å²) in [6.07, 6.45) is -0.652. The van der Waals surface area contributed by atoms with E-state index in [2.05, 4.69) is 32.0 Å². The number of amides is 1. The van der Waals surface area contributed by atoms with Crippen LogP contribution in [-0.4, -0.2) is 12.0 Å². The molecule has 1 atom stereocenters. The monoisotopic (exact) mass is 269 g/mol. The molecule has 1 amide bonds. The van der Waals surface area contributed by atoms with Gasteiger partial charge in [-0.25, -0.2) is 0 Å². The first-order chi connectivity index (χ1) is 9.49. The molecule has 2 rings (SSSR count). The number of aryl methyl sites for hydroxylation is 2. The summed E-state index contributed by atoms with van der Waals surface area (Å²) in [7, 11) is 0. The van der Waals surface area contributed by atoms with Crippen LogP contribution < -0.4 is 10.5 Å². The number of carbonyl (C=O) groups excluding carboxylic acids is 1. The first-order valence-electron chi connectivity index (χ1n) is 6.61. The van der Waals surface area contributed by atoms with Gasteiger partial charge in [0.05, 0.1) is 0 Å². The fourth-order valence-corrected chi connectivity index (χ4v) is 2.07. The normalized spacial score (nSPS) is 11.9. The van der Waals surface area contributed by atoms with E-state index in [1.807, 2.05) is 24.3 Å². The van der Waals surface area contributed by atoms with E-state index in [-0.39, 0.29) is 0 Å². The number of carbonyl (C=O) groups is 1. The number of ether oxygens (including phenoxy) is 1. The van der Waals surface area contributed by atoms with Gasteiger partial charge in [0.15, 0.2) is 6.10 Å². The SMILES string of the molecule is Cc1ccc(C)c(-c2ccccc2O[C@@H](C)C(N)=O)c1. The Morgan fingerprint density at radius 3 is 2.50 bits per heavy atom. The number of hydrogen-bond donors (Lipinski definition) is 1. The minimum Gasteiger partial charge on any atom is -0.480 e. The quantitative estimate of drug-likeness (QED) is 0.926. The van der Waals surface area contributed by atoms with Crippen molar-refractivity contribution in [3.05, 3.63) is 53.6 Å². The maximum atomic E-state index is 11.2. The predicted molar refractivity (Wildman–Crippen MR) is 80.6 cm³/mol. The highest BCUT2D eigenvalue weighted by atomic mass is 16.5. The van der Waals surface area contributed by atoms with E-state index >= 15 is 0 Å². The van der Waals surface area contributed by atoms with Crippen molar-refractivity contribution >= 4 is 5.91 Å². The van der Waals surface area contributed by atoms with Crippen LogP contribution in [0.1, 0.15) is 18.1 Å². The second-order valence-electron chi connectivity index (χ2n) is 4.98. The number of rotatable bonds is 4. The van der Waals surface area contributed by atoms with Gasteiger partial charge in [-0.1, -0.05) is 42.0 Å². The molecule has 20 heavy (non-hydrogen) atoms. The molecule has 0 aliphatic rings. The molecule has 0 spiro atoms. The summed E-state index contributed by atoms with van der Waals surface area (Å²) in [5.41, 5.74) is 9.69. The van der Waals surface area contributed by atoms with Crippen LogP contribution in [-0.2, 0) is 4.79 Å². The first-order valence-corrected chi connectivity index (χ1v) is 6.61. The first kappa shape index (κ1) is 14.1. The van der Waals surface area contributed by atoms with Gasteiger partial charge in [0.25, 0.3) is 5.91 Å². The Morgan fingerprint density at radius 1 is 1.10 bits per heavy atom. The zero-order valence-electron chi connectivity index (χ0n) is 12.0. The van der Waals surface area contributed by atoms with Crippen LogP contribution in [0.15, 0.2) is 42.5 Å². The second kappa shape index (κ2) is 5.78. The smallest absolute Gasteiger partial charge is 0.258 e. The van der Waals surface area contributed by atoms with E-state index in [9.17, 15) is 4.79 Å². The molecule has 0 aromatic heterocycles. The average molecular weight is 269 g/mol. The van der Waals surface area contributed by atoms with Crippen LogP contribution in [0, 0.1) is 13.8 Å². The van der Waals surface area contributed by atoms with Crippen LogP contribution in [0.25, 0.3) is 11.1 Å². The fraction of sp³-hybridized carbons (Fsp3) is 0.235. The lowest BCUT2D eigenvalue weighted by atomic mass is 9.98. The van der Waals surface area contributed by atoms with Gasteiger partial charge < -0.3 is 10.5 Å². The molecule has 2 aromatic carbocycles. The molecule has 2 aromatic rings. The minimum absolute atomic E-state index is 0.472. The molecular weight excluding hydrogens is 250 g/mol. The maximum Gasteiger partial charge on any atom is 0.258 e. The summed E-state index contributed by atoms with van der Waals surface area (Å²) in [5, 5.41) is 0. The molecule has 3 nitrogen and oxygen atoms in total. The second-order valence-corrected chi connectivity index (χ2v) is 4.98. The summed E-state index contributed by atoms with van der Waals surface area (Å²) in [4.78, 5) is 11.2. The van der Waals surface area contributed by atoms with Gasteiger partial charge in [-0.3, -0.25) is 4.79 Å². The van der Waals surface area contributed by atoms with Gasteiger partial charge in [-0.15, -0.1) is 0 Å². The van der Waals surface area contributed by atoms with E-state index in [1.165, 1.54) is 11.1 Å². The van der Waals surface area contributed by atoms with Crippen LogP contribution >= 0.6 is 0 Å². The van der Waals surface area contributed by atoms with Crippen molar-refractivity contribution in [1.82, 2.24) is 0 Å². The Bertz CT molecular complexity index is 635. The van der Waals surface area contributed by atoms with Gasteiger partial charge in [0, 0.05) is 5.56 Å². The van der Waals surface area contributed by atoms with Gasteiger partial charge in [-0.2, -0.15) is 0 Å². The van der Waals surface area contributed by atoms with Crippen molar-refractivity contribution < 1.29 is 9.53 Å². The lowest BCUT2D eigenvalue weighted by Crippen LogP contribution is -2.30. The van der Waals surface area contributed by atoms with E-state index in [1.54, 1.807) is 6.92 Å². The molecule has 0 saturated heterocycles. The van der Waals surface area contributed by atoms with Crippen LogP contribution in [0.5, 0.6) is 5.75 Å². The molecule has 0 fully saturated rings. The minimum atomic E-state index is -0.652.